The van der Waals surface area contributed by atoms with Crippen LogP contribution in [-0.4, -0.2) is 17.4 Å². The minimum absolute atomic E-state index is 0.107. The number of nitro groups is 1. The summed E-state index contributed by atoms with van der Waals surface area (Å²) in [6.45, 7) is 1.11. The Kier molecular flexibility index (Phi) is 5.42. The highest BCUT2D eigenvalue weighted by Gasteiger charge is 2.09. The van der Waals surface area contributed by atoms with Crippen molar-refractivity contribution in [1.82, 2.24) is 10.6 Å². The van der Waals surface area contributed by atoms with Crippen molar-refractivity contribution in [2.24, 2.45) is 0 Å². The van der Waals surface area contributed by atoms with Crippen LogP contribution in [0.15, 0.2) is 42.5 Å². The lowest BCUT2D eigenvalue weighted by Gasteiger charge is -2.06. The van der Waals surface area contributed by atoms with E-state index in [0.717, 1.165) is 21.8 Å². The first-order valence-corrected chi connectivity index (χ1v) is 7.21. The fraction of sp³-hybridized carbons (Fsp3) is 0.214. The molecule has 1 aromatic carbocycles. The second kappa shape index (κ2) is 7.51. The molecule has 7 heteroatoms. The molecule has 2 rings (SSSR count). The van der Waals surface area contributed by atoms with Crippen LogP contribution in [0.5, 0.6) is 0 Å². The van der Waals surface area contributed by atoms with Gasteiger partial charge in [0, 0.05) is 24.0 Å². The zero-order valence-electron chi connectivity index (χ0n) is 11.2. The first-order valence-electron chi connectivity index (χ1n) is 6.39. The van der Waals surface area contributed by atoms with Gasteiger partial charge in [-0.2, -0.15) is 0 Å². The molecule has 21 heavy (non-hydrogen) atoms. The molecule has 0 aliphatic rings. The second-order valence-electron chi connectivity index (χ2n) is 4.36. The molecule has 2 aromatic rings. The Morgan fingerprint density at radius 1 is 1.14 bits per heavy atom. The number of nitrogens with one attached hydrogen (secondary N) is 2. The fourth-order valence-electron chi connectivity index (χ4n) is 1.72. The summed E-state index contributed by atoms with van der Waals surface area (Å²) in [5.74, 6) is -0.107. The third kappa shape index (κ3) is 4.97. The van der Waals surface area contributed by atoms with E-state index >= 15 is 0 Å². The molecule has 0 fully saturated rings. The van der Waals surface area contributed by atoms with Gasteiger partial charge in [0.15, 0.2) is 0 Å². The molecule has 0 saturated heterocycles. The maximum absolute atomic E-state index is 11.6. The van der Waals surface area contributed by atoms with Gasteiger partial charge in [-0.05, 0) is 11.6 Å². The molecule has 0 aliphatic carbocycles. The van der Waals surface area contributed by atoms with E-state index < -0.39 is 4.92 Å². The van der Waals surface area contributed by atoms with E-state index in [4.69, 9.17) is 0 Å². The maximum atomic E-state index is 11.6. The van der Waals surface area contributed by atoms with Gasteiger partial charge in [0.1, 0.15) is 0 Å². The van der Waals surface area contributed by atoms with Gasteiger partial charge >= 0.3 is 5.00 Å². The van der Waals surface area contributed by atoms with Crippen molar-refractivity contribution in [3.8, 4) is 0 Å². The molecular weight excluding hydrogens is 290 g/mol. The van der Waals surface area contributed by atoms with Gasteiger partial charge in [-0.15, -0.1) is 0 Å². The highest BCUT2D eigenvalue weighted by Crippen LogP contribution is 2.23. The Morgan fingerprint density at radius 2 is 1.90 bits per heavy atom. The van der Waals surface area contributed by atoms with Crippen molar-refractivity contribution in [2.45, 2.75) is 13.1 Å². The molecule has 0 atom stereocenters. The van der Waals surface area contributed by atoms with Crippen molar-refractivity contribution >= 4 is 22.2 Å². The Labute approximate surface area is 126 Å². The number of hydrogen-bond donors (Lipinski definition) is 2. The standard InChI is InChI=1S/C14H15N3O3S/c18-13(16-8-11-4-2-1-3-5-11)10-15-9-12-6-7-14(21-12)17(19)20/h1-7,15H,8-10H2,(H,16,18). The second-order valence-corrected chi connectivity index (χ2v) is 5.51. The molecule has 0 spiro atoms. The Bertz CT molecular complexity index is 613. The van der Waals surface area contributed by atoms with Crippen molar-refractivity contribution in [2.75, 3.05) is 6.54 Å². The lowest BCUT2D eigenvalue weighted by Crippen LogP contribution is -2.33. The molecule has 0 radical (unpaired) electrons. The van der Waals surface area contributed by atoms with E-state index in [2.05, 4.69) is 10.6 Å². The summed E-state index contributed by atoms with van der Waals surface area (Å²) >= 11 is 1.11. The summed E-state index contributed by atoms with van der Waals surface area (Å²) in [6.07, 6.45) is 0. The van der Waals surface area contributed by atoms with E-state index in [9.17, 15) is 14.9 Å². The summed E-state index contributed by atoms with van der Waals surface area (Å²) < 4.78 is 0. The van der Waals surface area contributed by atoms with E-state index in [1.165, 1.54) is 6.07 Å². The Morgan fingerprint density at radius 3 is 2.57 bits per heavy atom. The van der Waals surface area contributed by atoms with Crippen LogP contribution in [0.4, 0.5) is 5.00 Å². The number of hydrogen-bond acceptors (Lipinski definition) is 5. The van der Waals surface area contributed by atoms with Gasteiger partial charge < -0.3 is 10.6 Å². The van der Waals surface area contributed by atoms with Gasteiger partial charge in [-0.3, -0.25) is 14.9 Å². The predicted octanol–water partition coefficient (Wildman–Crippen LogP) is 2.06. The SMILES string of the molecule is O=C(CNCc1ccc([N+](=O)[O-])s1)NCc1ccccc1. The van der Waals surface area contributed by atoms with Gasteiger partial charge in [0.2, 0.25) is 5.91 Å². The Balaban J connectivity index is 1.68. The Hall–Kier alpha value is -2.25. The monoisotopic (exact) mass is 305 g/mol. The molecule has 6 nitrogen and oxygen atoms in total. The highest BCUT2D eigenvalue weighted by atomic mass is 32.1. The largest absolute Gasteiger partial charge is 0.351 e. The topological polar surface area (TPSA) is 84.3 Å². The number of nitrogens with zero attached hydrogens (tertiary/aromatic N) is 1. The summed E-state index contributed by atoms with van der Waals surface area (Å²) in [6, 6.07) is 12.8. The van der Waals surface area contributed by atoms with Crippen LogP contribution < -0.4 is 10.6 Å². The van der Waals surface area contributed by atoms with Crippen LogP contribution >= 0.6 is 11.3 Å². The van der Waals surface area contributed by atoms with Crippen molar-refractivity contribution in [3.63, 3.8) is 0 Å². The van der Waals surface area contributed by atoms with Gasteiger partial charge in [-0.25, -0.2) is 0 Å². The quantitative estimate of drug-likeness (QED) is 0.606. The summed E-state index contributed by atoms with van der Waals surface area (Å²) in [7, 11) is 0. The smallest absolute Gasteiger partial charge is 0.324 e. The predicted molar refractivity (Wildman–Crippen MR) is 81.0 cm³/mol. The van der Waals surface area contributed by atoms with E-state index in [0.29, 0.717) is 13.1 Å². The van der Waals surface area contributed by atoms with Crippen LogP contribution in [0.1, 0.15) is 10.4 Å². The molecule has 1 aromatic heterocycles. The fourth-order valence-corrected chi connectivity index (χ4v) is 2.51. The number of benzene rings is 1. The molecule has 0 bridgehead atoms. The molecule has 0 aliphatic heterocycles. The lowest BCUT2D eigenvalue weighted by atomic mass is 10.2. The number of carbonyl (C=O) groups is 1. The average molecular weight is 305 g/mol. The average Bonchev–Trinajstić information content (AvgIpc) is 2.95. The number of thiophene rings is 1. The van der Waals surface area contributed by atoms with E-state index in [1.54, 1.807) is 6.07 Å². The minimum Gasteiger partial charge on any atom is -0.351 e. The summed E-state index contributed by atoms with van der Waals surface area (Å²) in [5, 5.41) is 16.4. The van der Waals surface area contributed by atoms with Crippen molar-refractivity contribution in [1.29, 1.82) is 0 Å². The molecule has 1 heterocycles. The molecule has 0 saturated carbocycles. The third-order valence-electron chi connectivity index (χ3n) is 2.74. The van der Waals surface area contributed by atoms with Crippen LogP contribution in [0.25, 0.3) is 0 Å². The number of carbonyl (C=O) groups excluding carboxylic acids is 1. The summed E-state index contributed by atoms with van der Waals surface area (Å²) in [4.78, 5) is 22.6. The zero-order chi connectivity index (χ0) is 15.1. The molecule has 2 N–H and O–H groups in total. The maximum Gasteiger partial charge on any atom is 0.324 e. The molecule has 110 valence electrons. The van der Waals surface area contributed by atoms with Crippen molar-refractivity contribution < 1.29 is 9.72 Å². The number of rotatable bonds is 7. The van der Waals surface area contributed by atoms with Crippen LogP contribution in [0, 0.1) is 10.1 Å². The first kappa shape index (κ1) is 15.1. The molecular formula is C14H15N3O3S. The van der Waals surface area contributed by atoms with E-state index in [1.807, 2.05) is 30.3 Å². The molecule has 1 amide bonds. The summed E-state index contributed by atoms with van der Waals surface area (Å²) in [5.41, 5.74) is 1.04. The van der Waals surface area contributed by atoms with Gasteiger partial charge in [-0.1, -0.05) is 41.7 Å². The zero-order valence-corrected chi connectivity index (χ0v) is 12.1. The third-order valence-corrected chi connectivity index (χ3v) is 3.78. The van der Waals surface area contributed by atoms with Gasteiger partial charge in [0.05, 0.1) is 11.5 Å². The lowest BCUT2D eigenvalue weighted by molar-refractivity contribution is -0.380. The van der Waals surface area contributed by atoms with Crippen LogP contribution in [-0.2, 0) is 17.9 Å². The highest BCUT2D eigenvalue weighted by molar-refractivity contribution is 7.15. The van der Waals surface area contributed by atoms with Gasteiger partial charge in [0.25, 0.3) is 0 Å². The van der Waals surface area contributed by atoms with E-state index in [-0.39, 0.29) is 17.5 Å². The van der Waals surface area contributed by atoms with Crippen LogP contribution in [0.2, 0.25) is 0 Å². The van der Waals surface area contributed by atoms with Crippen molar-refractivity contribution in [3.05, 3.63) is 63.0 Å². The normalized spacial score (nSPS) is 10.3. The number of amides is 1. The minimum atomic E-state index is -0.416. The first-order chi connectivity index (χ1) is 10.1. The van der Waals surface area contributed by atoms with Crippen LogP contribution in [0.3, 0.4) is 0 Å². The molecule has 0 unspecified atom stereocenters.